The summed E-state index contributed by atoms with van der Waals surface area (Å²) in [5.41, 5.74) is 1.26. The summed E-state index contributed by atoms with van der Waals surface area (Å²) < 4.78 is 19.1. The first-order valence-corrected chi connectivity index (χ1v) is 8.00. The monoisotopic (exact) mass is 339 g/mol. The molecular weight excluding hydrogens is 330 g/mol. The van der Waals surface area contributed by atoms with E-state index in [1.54, 1.807) is 10.7 Å². The van der Waals surface area contributed by atoms with E-state index < -0.39 is 10.8 Å². The number of halogens is 1. The molecule has 0 spiro atoms. The van der Waals surface area contributed by atoms with Crippen LogP contribution in [0.2, 0.25) is 0 Å². The topological polar surface area (TPSA) is 67.4 Å². The largest absolute Gasteiger partial charge is 0.492 e. The van der Waals surface area contributed by atoms with Gasteiger partial charge in [-0.2, -0.15) is 10.4 Å². The van der Waals surface area contributed by atoms with Crippen molar-refractivity contribution in [3.8, 4) is 11.8 Å². The molecular formula is C12H10BrN3O2S. The maximum atomic E-state index is 11.0. The predicted octanol–water partition coefficient (Wildman–Crippen LogP) is 1.73. The fraction of sp³-hybridized carbons (Fsp3) is 0.333. The van der Waals surface area contributed by atoms with Crippen molar-refractivity contribution in [3.05, 3.63) is 28.5 Å². The summed E-state index contributed by atoms with van der Waals surface area (Å²) in [6.07, 6.45) is 3.27. The number of hydrogen-bond acceptors (Lipinski definition) is 4. The van der Waals surface area contributed by atoms with Gasteiger partial charge < -0.3 is 4.74 Å². The zero-order valence-electron chi connectivity index (χ0n) is 9.88. The molecule has 5 nitrogen and oxygen atoms in total. The minimum atomic E-state index is -0.647. The molecule has 0 aliphatic carbocycles. The molecule has 98 valence electrons. The van der Waals surface area contributed by atoms with Crippen molar-refractivity contribution in [1.82, 2.24) is 9.61 Å². The van der Waals surface area contributed by atoms with Gasteiger partial charge in [0.2, 0.25) is 0 Å². The van der Waals surface area contributed by atoms with Gasteiger partial charge in [0.05, 0.1) is 30.1 Å². The Morgan fingerprint density at radius 3 is 3.11 bits per heavy atom. The van der Waals surface area contributed by atoms with Crippen molar-refractivity contribution in [1.29, 1.82) is 5.26 Å². The van der Waals surface area contributed by atoms with E-state index in [0.717, 1.165) is 21.5 Å². The minimum Gasteiger partial charge on any atom is -0.492 e. The second-order valence-corrected chi connectivity index (χ2v) is 6.84. The van der Waals surface area contributed by atoms with E-state index in [2.05, 4.69) is 27.1 Å². The Kier molecular flexibility index (Phi) is 3.29. The third kappa shape index (κ3) is 2.38. The van der Waals surface area contributed by atoms with Crippen LogP contribution >= 0.6 is 15.9 Å². The molecule has 1 saturated heterocycles. The summed E-state index contributed by atoms with van der Waals surface area (Å²) >= 11 is 3.43. The van der Waals surface area contributed by atoms with Gasteiger partial charge >= 0.3 is 0 Å². The molecule has 0 atom stereocenters. The standard InChI is InChI=1S/C12H10BrN3O2S/c13-11-1-10(18-5-8-6-19(17)7-8)4-16-12(11)9(2-14)3-15-16/h1,3-4,8H,5-7H2. The third-order valence-corrected chi connectivity index (χ3v) is 5.28. The van der Waals surface area contributed by atoms with Crippen LogP contribution in [0.3, 0.4) is 0 Å². The van der Waals surface area contributed by atoms with Crippen LogP contribution in [-0.2, 0) is 10.8 Å². The lowest BCUT2D eigenvalue weighted by molar-refractivity contribution is 0.265. The molecule has 0 aromatic carbocycles. The van der Waals surface area contributed by atoms with Gasteiger partial charge in [0, 0.05) is 32.7 Å². The SMILES string of the molecule is N#Cc1cnn2cc(OCC3CS(=O)C3)cc(Br)c12. The van der Waals surface area contributed by atoms with Crippen molar-refractivity contribution in [2.24, 2.45) is 5.92 Å². The van der Waals surface area contributed by atoms with Gasteiger partial charge in [0.15, 0.2) is 0 Å². The highest BCUT2D eigenvalue weighted by Gasteiger charge is 2.25. The van der Waals surface area contributed by atoms with E-state index in [-0.39, 0.29) is 0 Å². The van der Waals surface area contributed by atoms with E-state index in [0.29, 0.717) is 23.8 Å². The van der Waals surface area contributed by atoms with Crippen molar-refractivity contribution >= 4 is 32.2 Å². The normalized spacial score (nSPS) is 21.9. The zero-order valence-corrected chi connectivity index (χ0v) is 12.3. The summed E-state index contributed by atoms with van der Waals surface area (Å²) in [4.78, 5) is 0. The van der Waals surface area contributed by atoms with E-state index in [4.69, 9.17) is 10.00 Å². The molecule has 1 fully saturated rings. The molecule has 19 heavy (non-hydrogen) atoms. The number of rotatable bonds is 3. The van der Waals surface area contributed by atoms with Gasteiger partial charge in [0.1, 0.15) is 11.8 Å². The Labute approximate surface area is 120 Å². The summed E-state index contributed by atoms with van der Waals surface area (Å²) in [5, 5.41) is 13.1. The molecule has 7 heteroatoms. The molecule has 2 aromatic heterocycles. The first-order chi connectivity index (χ1) is 9.17. The number of nitriles is 1. The number of nitrogens with zero attached hydrogens (tertiary/aromatic N) is 3. The number of fused-ring (bicyclic) bond motifs is 1. The lowest BCUT2D eigenvalue weighted by Crippen LogP contribution is -2.35. The van der Waals surface area contributed by atoms with Gasteiger partial charge in [-0.25, -0.2) is 4.52 Å². The highest BCUT2D eigenvalue weighted by atomic mass is 79.9. The van der Waals surface area contributed by atoms with Crippen LogP contribution < -0.4 is 4.74 Å². The number of hydrogen-bond donors (Lipinski definition) is 0. The van der Waals surface area contributed by atoms with Crippen molar-refractivity contribution in [2.45, 2.75) is 0 Å². The second-order valence-electron chi connectivity index (χ2n) is 4.44. The van der Waals surface area contributed by atoms with Gasteiger partial charge in [0.25, 0.3) is 0 Å². The Morgan fingerprint density at radius 1 is 1.63 bits per heavy atom. The van der Waals surface area contributed by atoms with E-state index in [1.807, 2.05) is 6.07 Å². The van der Waals surface area contributed by atoms with Crippen molar-refractivity contribution in [3.63, 3.8) is 0 Å². The van der Waals surface area contributed by atoms with Crippen LogP contribution in [0.25, 0.3) is 5.52 Å². The number of ether oxygens (including phenoxy) is 1. The summed E-state index contributed by atoms with van der Waals surface area (Å²) in [7, 11) is -0.647. The molecule has 0 bridgehead atoms. The van der Waals surface area contributed by atoms with Crippen LogP contribution in [0, 0.1) is 17.2 Å². The summed E-state index contributed by atoms with van der Waals surface area (Å²) in [5.74, 6) is 2.51. The maximum Gasteiger partial charge on any atom is 0.138 e. The quantitative estimate of drug-likeness (QED) is 0.853. The predicted molar refractivity (Wildman–Crippen MR) is 74.5 cm³/mol. The molecule has 3 heterocycles. The Bertz CT molecular complexity index is 699. The van der Waals surface area contributed by atoms with Crippen molar-refractivity contribution in [2.75, 3.05) is 18.1 Å². The molecule has 0 saturated carbocycles. The van der Waals surface area contributed by atoms with Crippen LogP contribution in [0.15, 0.2) is 22.9 Å². The van der Waals surface area contributed by atoms with Crippen LogP contribution in [0.4, 0.5) is 0 Å². The first-order valence-electron chi connectivity index (χ1n) is 5.72. The summed E-state index contributed by atoms with van der Waals surface area (Å²) in [6.45, 7) is 0.566. The lowest BCUT2D eigenvalue weighted by atomic mass is 10.2. The molecule has 0 amide bonds. The van der Waals surface area contributed by atoms with Crippen molar-refractivity contribution < 1.29 is 8.95 Å². The van der Waals surface area contributed by atoms with Crippen LogP contribution in [-0.4, -0.2) is 31.9 Å². The van der Waals surface area contributed by atoms with Gasteiger partial charge in [-0.15, -0.1) is 0 Å². The highest BCUT2D eigenvalue weighted by molar-refractivity contribution is 9.10. The molecule has 0 unspecified atom stereocenters. The number of aromatic nitrogens is 2. The molecule has 1 aliphatic heterocycles. The Hall–Kier alpha value is -1.39. The minimum absolute atomic E-state index is 0.377. The smallest absolute Gasteiger partial charge is 0.138 e. The van der Waals surface area contributed by atoms with Gasteiger partial charge in [-0.05, 0) is 22.0 Å². The Balaban J connectivity index is 1.81. The first kappa shape index (κ1) is 12.6. The molecule has 1 aliphatic rings. The second kappa shape index (κ2) is 4.94. The van der Waals surface area contributed by atoms with E-state index >= 15 is 0 Å². The molecule has 3 rings (SSSR count). The zero-order chi connectivity index (χ0) is 13.4. The highest BCUT2D eigenvalue weighted by Crippen LogP contribution is 2.27. The van der Waals surface area contributed by atoms with E-state index in [1.165, 1.54) is 6.20 Å². The maximum absolute atomic E-state index is 11.0. The fourth-order valence-electron chi connectivity index (χ4n) is 2.00. The number of pyridine rings is 1. The van der Waals surface area contributed by atoms with Crippen LogP contribution in [0.1, 0.15) is 5.56 Å². The molecule has 0 N–H and O–H groups in total. The lowest BCUT2D eigenvalue weighted by Gasteiger charge is -2.24. The summed E-state index contributed by atoms with van der Waals surface area (Å²) in [6, 6.07) is 3.92. The fourth-order valence-corrected chi connectivity index (χ4v) is 3.76. The van der Waals surface area contributed by atoms with Crippen LogP contribution in [0.5, 0.6) is 5.75 Å². The molecule has 2 aromatic rings. The Morgan fingerprint density at radius 2 is 2.42 bits per heavy atom. The average Bonchev–Trinajstić information content (AvgIpc) is 2.76. The average molecular weight is 340 g/mol. The van der Waals surface area contributed by atoms with E-state index in [9.17, 15) is 4.21 Å². The molecule has 0 radical (unpaired) electrons. The third-order valence-electron chi connectivity index (χ3n) is 2.99. The van der Waals surface area contributed by atoms with Gasteiger partial charge in [-0.3, -0.25) is 4.21 Å². The van der Waals surface area contributed by atoms with Gasteiger partial charge in [-0.1, -0.05) is 0 Å².